The molecule has 0 spiro atoms. The van der Waals surface area contributed by atoms with Crippen LogP contribution in [0.5, 0.6) is 0 Å². The van der Waals surface area contributed by atoms with Gasteiger partial charge in [-0.25, -0.2) is 0 Å². The number of hydrogen-bond donors (Lipinski definition) is 1. The molecule has 0 aromatic carbocycles. The second-order valence-corrected chi connectivity index (χ2v) is 4.64. The molecule has 2 rings (SSSR count). The van der Waals surface area contributed by atoms with Gasteiger partial charge >= 0.3 is 5.97 Å². The topological polar surface area (TPSA) is 66.3 Å². The van der Waals surface area contributed by atoms with Crippen LogP contribution in [-0.2, 0) is 11.3 Å². The molecule has 0 saturated carbocycles. The molecule has 1 fully saturated rings. The monoisotopic (exact) mass is 227 g/mol. The Kier molecular flexibility index (Phi) is 3.27. The maximum Gasteiger partial charge on any atom is 0.306 e. The van der Waals surface area contributed by atoms with Crippen LogP contribution in [0.3, 0.4) is 0 Å². The lowest BCUT2D eigenvalue weighted by atomic mass is 9.97. The zero-order valence-corrected chi connectivity index (χ0v) is 9.11. The van der Waals surface area contributed by atoms with Crippen LogP contribution in [0.25, 0.3) is 0 Å². The Balaban J connectivity index is 1.81. The van der Waals surface area contributed by atoms with E-state index < -0.39 is 5.97 Å². The predicted molar refractivity (Wildman–Crippen MR) is 55.5 cm³/mol. The Morgan fingerprint density at radius 3 is 2.87 bits per heavy atom. The molecule has 1 saturated heterocycles. The van der Waals surface area contributed by atoms with Gasteiger partial charge in [0.1, 0.15) is 0 Å². The molecular formula is C9H13N3O2S. The number of carbonyl (C=O) groups is 1. The summed E-state index contributed by atoms with van der Waals surface area (Å²) < 4.78 is 3.80. The molecule has 0 atom stereocenters. The third kappa shape index (κ3) is 2.73. The number of nitrogens with zero attached hydrogens (tertiary/aromatic N) is 3. The molecule has 15 heavy (non-hydrogen) atoms. The van der Waals surface area contributed by atoms with E-state index in [9.17, 15) is 4.79 Å². The van der Waals surface area contributed by atoms with Crippen LogP contribution in [0.4, 0.5) is 0 Å². The molecule has 1 aromatic rings. The highest BCUT2D eigenvalue weighted by atomic mass is 32.1. The highest BCUT2D eigenvalue weighted by Crippen LogP contribution is 2.19. The third-order valence-electron chi connectivity index (χ3n) is 2.72. The van der Waals surface area contributed by atoms with Crippen molar-refractivity contribution in [2.75, 3.05) is 13.1 Å². The van der Waals surface area contributed by atoms with Gasteiger partial charge in [0.15, 0.2) is 0 Å². The first-order valence-electron chi connectivity index (χ1n) is 4.97. The van der Waals surface area contributed by atoms with Crippen molar-refractivity contribution in [2.24, 2.45) is 5.92 Å². The van der Waals surface area contributed by atoms with E-state index in [1.54, 1.807) is 6.20 Å². The van der Waals surface area contributed by atoms with Gasteiger partial charge in [0.2, 0.25) is 0 Å². The van der Waals surface area contributed by atoms with Crippen molar-refractivity contribution < 1.29 is 9.90 Å². The summed E-state index contributed by atoms with van der Waals surface area (Å²) in [5.41, 5.74) is 0. The molecule has 1 aromatic heterocycles. The van der Waals surface area contributed by atoms with E-state index in [-0.39, 0.29) is 5.92 Å². The highest BCUT2D eigenvalue weighted by Gasteiger charge is 2.24. The molecule has 0 aliphatic carbocycles. The fourth-order valence-corrected chi connectivity index (χ4v) is 2.35. The highest BCUT2D eigenvalue weighted by molar-refractivity contribution is 7.05. The lowest BCUT2D eigenvalue weighted by Crippen LogP contribution is -2.35. The largest absolute Gasteiger partial charge is 0.481 e. The van der Waals surface area contributed by atoms with Crippen LogP contribution in [0.2, 0.25) is 0 Å². The molecular weight excluding hydrogens is 214 g/mol. The van der Waals surface area contributed by atoms with Crippen molar-refractivity contribution in [3.05, 3.63) is 11.1 Å². The second kappa shape index (κ2) is 4.67. The summed E-state index contributed by atoms with van der Waals surface area (Å²) in [5.74, 6) is -0.810. The number of likely N-dealkylation sites (tertiary alicyclic amines) is 1. The summed E-state index contributed by atoms with van der Waals surface area (Å²) in [6, 6.07) is 0. The van der Waals surface area contributed by atoms with Gasteiger partial charge < -0.3 is 5.11 Å². The maximum absolute atomic E-state index is 10.7. The molecule has 5 nitrogen and oxygen atoms in total. The zero-order valence-electron chi connectivity index (χ0n) is 8.30. The van der Waals surface area contributed by atoms with Crippen LogP contribution in [0.1, 0.15) is 17.7 Å². The van der Waals surface area contributed by atoms with Crippen LogP contribution in [-0.4, -0.2) is 38.7 Å². The lowest BCUT2D eigenvalue weighted by molar-refractivity contribution is -0.143. The van der Waals surface area contributed by atoms with Gasteiger partial charge in [-0.3, -0.25) is 9.69 Å². The quantitative estimate of drug-likeness (QED) is 0.828. The number of carboxylic acid groups (broad SMARTS) is 1. The summed E-state index contributed by atoms with van der Waals surface area (Å²) in [7, 11) is 0. The Labute approximate surface area is 91.9 Å². The van der Waals surface area contributed by atoms with E-state index in [2.05, 4.69) is 14.5 Å². The third-order valence-corrected chi connectivity index (χ3v) is 3.37. The Bertz CT molecular complexity index is 320. The van der Waals surface area contributed by atoms with Gasteiger partial charge in [-0.15, -0.1) is 5.10 Å². The molecule has 0 unspecified atom stereocenters. The SMILES string of the molecule is O=C(O)C1CCN(Cc2cnns2)CC1. The molecule has 1 aliphatic rings. The van der Waals surface area contributed by atoms with Gasteiger partial charge in [0.05, 0.1) is 17.0 Å². The summed E-state index contributed by atoms with van der Waals surface area (Å²) in [4.78, 5) is 14.1. The number of aliphatic carboxylic acids is 1. The number of piperidine rings is 1. The normalized spacial score (nSPS) is 19.2. The van der Waals surface area contributed by atoms with Crippen molar-refractivity contribution in [1.29, 1.82) is 0 Å². The Morgan fingerprint density at radius 1 is 1.60 bits per heavy atom. The summed E-state index contributed by atoms with van der Waals surface area (Å²) in [6.07, 6.45) is 3.27. The van der Waals surface area contributed by atoms with Gasteiger partial charge in [0.25, 0.3) is 0 Å². The van der Waals surface area contributed by atoms with Gasteiger partial charge in [0, 0.05) is 6.54 Å². The minimum Gasteiger partial charge on any atom is -0.481 e. The van der Waals surface area contributed by atoms with Crippen molar-refractivity contribution in [3.8, 4) is 0 Å². The van der Waals surface area contributed by atoms with Crippen LogP contribution < -0.4 is 0 Å². The zero-order chi connectivity index (χ0) is 10.7. The Hall–Kier alpha value is -1.01. The number of carboxylic acids is 1. The first kappa shape index (κ1) is 10.5. The van der Waals surface area contributed by atoms with Crippen molar-refractivity contribution in [1.82, 2.24) is 14.5 Å². The first-order valence-corrected chi connectivity index (χ1v) is 5.74. The molecule has 2 heterocycles. The van der Waals surface area contributed by atoms with Gasteiger partial charge in [-0.05, 0) is 37.5 Å². The van der Waals surface area contributed by atoms with E-state index >= 15 is 0 Å². The smallest absolute Gasteiger partial charge is 0.306 e. The fourth-order valence-electron chi connectivity index (χ4n) is 1.82. The Morgan fingerprint density at radius 2 is 2.33 bits per heavy atom. The lowest BCUT2D eigenvalue weighted by Gasteiger charge is -2.29. The van der Waals surface area contributed by atoms with Gasteiger partial charge in [-0.1, -0.05) is 4.49 Å². The average molecular weight is 227 g/mol. The van der Waals surface area contributed by atoms with Crippen LogP contribution in [0.15, 0.2) is 6.20 Å². The summed E-state index contributed by atoms with van der Waals surface area (Å²) >= 11 is 1.40. The maximum atomic E-state index is 10.7. The molecule has 6 heteroatoms. The van der Waals surface area contributed by atoms with E-state index in [0.717, 1.165) is 37.4 Å². The molecule has 1 aliphatic heterocycles. The first-order chi connectivity index (χ1) is 7.25. The van der Waals surface area contributed by atoms with Crippen molar-refractivity contribution in [3.63, 3.8) is 0 Å². The van der Waals surface area contributed by atoms with Crippen molar-refractivity contribution in [2.45, 2.75) is 19.4 Å². The van der Waals surface area contributed by atoms with Crippen LogP contribution >= 0.6 is 11.5 Å². The molecule has 0 radical (unpaired) electrons. The van der Waals surface area contributed by atoms with E-state index in [1.807, 2.05) is 0 Å². The summed E-state index contributed by atoms with van der Waals surface area (Å²) in [5, 5.41) is 12.6. The number of aromatic nitrogens is 2. The summed E-state index contributed by atoms with van der Waals surface area (Å²) in [6.45, 7) is 2.56. The predicted octanol–water partition coefficient (Wildman–Crippen LogP) is 0.835. The fraction of sp³-hybridized carbons (Fsp3) is 0.667. The van der Waals surface area contributed by atoms with E-state index in [0.29, 0.717) is 0 Å². The molecule has 0 amide bonds. The van der Waals surface area contributed by atoms with Crippen molar-refractivity contribution >= 4 is 17.5 Å². The molecule has 82 valence electrons. The van der Waals surface area contributed by atoms with Crippen LogP contribution in [0, 0.1) is 5.92 Å². The standard InChI is InChI=1S/C9H13N3O2S/c13-9(14)7-1-3-12(4-2-7)6-8-5-10-11-15-8/h5,7H,1-4,6H2,(H,13,14). The minimum atomic E-state index is -0.658. The number of rotatable bonds is 3. The number of hydrogen-bond acceptors (Lipinski definition) is 5. The minimum absolute atomic E-state index is 0.152. The second-order valence-electron chi connectivity index (χ2n) is 3.77. The van der Waals surface area contributed by atoms with E-state index in [4.69, 9.17) is 5.11 Å². The van der Waals surface area contributed by atoms with E-state index in [1.165, 1.54) is 11.5 Å². The van der Waals surface area contributed by atoms with Gasteiger partial charge in [-0.2, -0.15) is 0 Å². The molecule has 1 N–H and O–H groups in total. The average Bonchev–Trinajstić information content (AvgIpc) is 2.71. The molecule has 0 bridgehead atoms.